The first kappa shape index (κ1) is 24.5. The van der Waals surface area contributed by atoms with E-state index in [1.165, 1.54) is 24.1 Å². The van der Waals surface area contributed by atoms with Crippen LogP contribution in [-0.2, 0) is 21.0 Å². The molecule has 13 heteroatoms. The summed E-state index contributed by atoms with van der Waals surface area (Å²) in [5.41, 5.74) is -1.79. The number of ether oxygens (including phenoxy) is 1. The molecule has 3 rings (SSSR count). The number of benzene rings is 2. The van der Waals surface area contributed by atoms with Crippen LogP contribution in [0.25, 0.3) is 0 Å². The molecule has 1 fully saturated rings. The molecule has 2 aromatic carbocycles. The van der Waals surface area contributed by atoms with Crippen LogP contribution in [0.1, 0.15) is 30.0 Å². The smallest absolute Gasteiger partial charge is 0.416 e. The number of amides is 1. The van der Waals surface area contributed by atoms with Crippen molar-refractivity contribution in [1.29, 1.82) is 0 Å². The van der Waals surface area contributed by atoms with Crippen LogP contribution in [0.2, 0.25) is 0 Å². The molecule has 0 spiro atoms. The topological polar surface area (TPSA) is 119 Å². The number of hydrogen-bond acceptors (Lipinski definition) is 6. The van der Waals surface area contributed by atoms with E-state index in [4.69, 9.17) is 4.74 Å². The van der Waals surface area contributed by atoms with Gasteiger partial charge in [0.1, 0.15) is 5.75 Å². The van der Waals surface area contributed by atoms with Crippen molar-refractivity contribution in [2.45, 2.75) is 30.0 Å². The van der Waals surface area contributed by atoms with E-state index in [0.29, 0.717) is 13.0 Å². The monoisotopic (exact) mass is 487 g/mol. The molecule has 0 aromatic heterocycles. The number of rotatable bonds is 8. The number of carbonyl (C=O) groups is 1. The van der Waals surface area contributed by atoms with Crippen LogP contribution in [0.4, 0.5) is 18.9 Å². The molecule has 2 aromatic rings. The van der Waals surface area contributed by atoms with E-state index >= 15 is 0 Å². The lowest BCUT2D eigenvalue weighted by atomic mass is 10.0. The van der Waals surface area contributed by atoms with Gasteiger partial charge in [-0.3, -0.25) is 14.9 Å². The van der Waals surface area contributed by atoms with Gasteiger partial charge in [0, 0.05) is 19.5 Å². The van der Waals surface area contributed by atoms with Gasteiger partial charge in [-0.15, -0.1) is 0 Å². The summed E-state index contributed by atoms with van der Waals surface area (Å²) >= 11 is 0. The molecule has 1 unspecified atom stereocenters. The Labute approximate surface area is 187 Å². The van der Waals surface area contributed by atoms with E-state index in [9.17, 15) is 36.5 Å². The van der Waals surface area contributed by atoms with Gasteiger partial charge in [0.05, 0.1) is 29.7 Å². The number of carbonyl (C=O) groups excluding carboxylic acids is 1. The highest BCUT2D eigenvalue weighted by atomic mass is 32.2. The van der Waals surface area contributed by atoms with Gasteiger partial charge in [0.2, 0.25) is 15.9 Å². The third kappa shape index (κ3) is 5.60. The first-order chi connectivity index (χ1) is 15.4. The third-order valence-corrected chi connectivity index (χ3v) is 6.66. The van der Waals surface area contributed by atoms with Crippen LogP contribution in [0, 0.1) is 10.1 Å². The fourth-order valence-electron chi connectivity index (χ4n) is 3.50. The maximum Gasteiger partial charge on any atom is 0.416 e. The molecule has 1 atom stereocenters. The number of nitrogens with one attached hydrogen (secondary N) is 1. The second-order valence-corrected chi connectivity index (χ2v) is 9.01. The van der Waals surface area contributed by atoms with Crippen LogP contribution >= 0.6 is 0 Å². The first-order valence-corrected chi connectivity index (χ1v) is 11.2. The zero-order valence-electron chi connectivity index (χ0n) is 17.3. The lowest BCUT2D eigenvalue weighted by molar-refractivity contribution is -0.387. The Balaban J connectivity index is 2.03. The Morgan fingerprint density at radius 3 is 2.55 bits per heavy atom. The molecule has 9 nitrogen and oxygen atoms in total. The molecule has 0 bridgehead atoms. The Bertz CT molecular complexity index is 1170. The maximum absolute atomic E-state index is 13.2. The molecule has 0 radical (unpaired) electrons. The van der Waals surface area contributed by atoms with Gasteiger partial charge in [-0.2, -0.15) is 13.2 Å². The van der Waals surface area contributed by atoms with E-state index in [1.54, 1.807) is 0 Å². The molecule has 178 valence electrons. The average molecular weight is 487 g/mol. The second-order valence-electron chi connectivity index (χ2n) is 7.33. The van der Waals surface area contributed by atoms with Crippen molar-refractivity contribution >= 4 is 21.6 Å². The Morgan fingerprint density at radius 1 is 1.24 bits per heavy atom. The average Bonchev–Trinajstić information content (AvgIpc) is 3.16. The zero-order chi connectivity index (χ0) is 24.4. The summed E-state index contributed by atoms with van der Waals surface area (Å²) in [5, 5.41) is 11.4. The Kier molecular flexibility index (Phi) is 6.93. The molecule has 1 saturated heterocycles. The van der Waals surface area contributed by atoms with Gasteiger partial charge < -0.3 is 9.64 Å². The lowest BCUT2D eigenvalue weighted by Gasteiger charge is -2.25. The number of sulfonamides is 1. The van der Waals surface area contributed by atoms with Gasteiger partial charge in [-0.1, -0.05) is 12.1 Å². The number of methoxy groups -OCH3 is 1. The fourth-order valence-corrected chi connectivity index (χ4v) is 4.87. The van der Waals surface area contributed by atoms with Crippen molar-refractivity contribution < 1.29 is 36.0 Å². The van der Waals surface area contributed by atoms with E-state index < -0.39 is 43.3 Å². The van der Waals surface area contributed by atoms with E-state index in [-0.39, 0.29) is 30.2 Å². The number of halogens is 3. The van der Waals surface area contributed by atoms with Crippen LogP contribution in [0.3, 0.4) is 0 Å². The van der Waals surface area contributed by atoms with Crippen LogP contribution in [0.15, 0.2) is 47.4 Å². The van der Waals surface area contributed by atoms with Gasteiger partial charge in [0.25, 0.3) is 5.69 Å². The zero-order valence-corrected chi connectivity index (χ0v) is 18.1. The number of nitrogens with zero attached hydrogens (tertiary/aromatic N) is 2. The predicted molar refractivity (Wildman–Crippen MR) is 110 cm³/mol. The number of nitro groups is 1. The maximum atomic E-state index is 13.2. The lowest BCUT2D eigenvalue weighted by Crippen LogP contribution is -2.38. The van der Waals surface area contributed by atoms with Crippen molar-refractivity contribution in [1.82, 2.24) is 9.62 Å². The van der Waals surface area contributed by atoms with E-state index in [0.717, 1.165) is 30.3 Å². The quantitative estimate of drug-likeness (QED) is 0.451. The highest BCUT2D eigenvalue weighted by Gasteiger charge is 2.34. The molecule has 1 aliphatic heterocycles. The third-order valence-electron chi connectivity index (χ3n) is 5.14. The molecule has 1 amide bonds. The van der Waals surface area contributed by atoms with Crippen molar-refractivity contribution in [2.24, 2.45) is 0 Å². The number of hydrogen-bond donors (Lipinski definition) is 1. The minimum atomic E-state index is -4.67. The van der Waals surface area contributed by atoms with Crippen molar-refractivity contribution in [2.75, 3.05) is 20.2 Å². The van der Waals surface area contributed by atoms with Gasteiger partial charge in [-0.25, -0.2) is 13.1 Å². The van der Waals surface area contributed by atoms with Crippen molar-refractivity contribution in [3.05, 3.63) is 63.7 Å². The van der Waals surface area contributed by atoms with E-state index in [2.05, 4.69) is 4.72 Å². The number of likely N-dealkylation sites (tertiary alicyclic amines) is 1. The SMILES string of the molecule is COc1ccc(S(=O)(=O)NC(CN2CCCC2=O)c2cccc(C(F)(F)F)c2)c([N+](=O)[O-])c1. The molecule has 0 saturated carbocycles. The van der Waals surface area contributed by atoms with Gasteiger partial charge in [0.15, 0.2) is 4.90 Å². The molecule has 1 heterocycles. The standard InChI is InChI=1S/C20H20F3N3O6S/c1-32-15-7-8-18(17(11-15)26(28)29)33(30,31)24-16(12-25-9-3-6-19(25)27)13-4-2-5-14(10-13)20(21,22)23/h2,4-5,7-8,10-11,16,24H,3,6,9,12H2,1H3. The highest BCUT2D eigenvalue weighted by Crippen LogP contribution is 2.33. The Morgan fingerprint density at radius 2 is 1.97 bits per heavy atom. The normalized spacial score (nSPS) is 15.5. The molecular formula is C20H20F3N3O6S. The molecule has 1 aliphatic rings. The van der Waals surface area contributed by atoms with Gasteiger partial charge >= 0.3 is 6.18 Å². The first-order valence-electron chi connectivity index (χ1n) is 9.72. The highest BCUT2D eigenvalue weighted by molar-refractivity contribution is 7.89. The Hall–Kier alpha value is -3.19. The minimum absolute atomic E-state index is 0.0377. The summed E-state index contributed by atoms with van der Waals surface area (Å²) in [5.74, 6) is -0.209. The van der Waals surface area contributed by atoms with E-state index in [1.807, 2.05) is 0 Å². The van der Waals surface area contributed by atoms with Crippen molar-refractivity contribution in [3.8, 4) is 5.75 Å². The summed E-state index contributed by atoms with van der Waals surface area (Å²) < 4.78 is 73.0. The molecule has 1 N–H and O–H groups in total. The van der Waals surface area contributed by atoms with Crippen LogP contribution in [0.5, 0.6) is 5.75 Å². The van der Waals surface area contributed by atoms with Crippen LogP contribution < -0.4 is 9.46 Å². The molecule has 0 aliphatic carbocycles. The minimum Gasteiger partial charge on any atom is -0.497 e. The summed E-state index contributed by atoms with van der Waals surface area (Å²) in [6.07, 6.45) is -3.89. The largest absolute Gasteiger partial charge is 0.497 e. The summed E-state index contributed by atoms with van der Waals surface area (Å²) in [7, 11) is -3.33. The summed E-state index contributed by atoms with van der Waals surface area (Å²) in [4.78, 5) is 23.3. The number of alkyl halides is 3. The van der Waals surface area contributed by atoms with Gasteiger partial charge in [-0.05, 0) is 36.2 Å². The summed E-state index contributed by atoms with van der Waals surface area (Å²) in [6.45, 7) is 0.0853. The fraction of sp³-hybridized carbons (Fsp3) is 0.350. The summed E-state index contributed by atoms with van der Waals surface area (Å²) in [6, 6.07) is 5.89. The second kappa shape index (κ2) is 9.35. The molecular weight excluding hydrogens is 467 g/mol. The molecule has 33 heavy (non-hydrogen) atoms. The van der Waals surface area contributed by atoms with Crippen LogP contribution in [-0.4, -0.2) is 44.3 Å². The predicted octanol–water partition coefficient (Wildman–Crippen LogP) is 3.26. The van der Waals surface area contributed by atoms with Crippen molar-refractivity contribution in [3.63, 3.8) is 0 Å². The number of nitro benzene ring substituents is 1.